The summed E-state index contributed by atoms with van der Waals surface area (Å²) in [4.78, 5) is 58.8. The van der Waals surface area contributed by atoms with Crippen molar-refractivity contribution in [3.8, 4) is 0 Å². The van der Waals surface area contributed by atoms with E-state index in [9.17, 15) is 43.5 Å². The van der Waals surface area contributed by atoms with Gasteiger partial charge in [-0.15, -0.1) is 0 Å². The predicted molar refractivity (Wildman–Crippen MR) is 436 cm³/mol. The number of aliphatic hydroxyl groups is 2. The van der Waals surface area contributed by atoms with Crippen molar-refractivity contribution < 1.29 is 75.8 Å². The van der Waals surface area contributed by atoms with Gasteiger partial charge in [-0.05, 0) is 148 Å². The monoisotopic (exact) mass is 1510 g/mol. The Hall–Kier alpha value is -4.57. The minimum Gasteiger partial charge on any atom is -0.463 e. The third kappa shape index (κ3) is 80.3. The highest BCUT2D eigenvalue weighted by Crippen LogP contribution is 2.45. The van der Waals surface area contributed by atoms with Gasteiger partial charge in [-0.3, -0.25) is 32.5 Å². The van der Waals surface area contributed by atoms with Gasteiger partial charge >= 0.3 is 33.6 Å². The van der Waals surface area contributed by atoms with E-state index in [-0.39, 0.29) is 19.3 Å². The van der Waals surface area contributed by atoms with Gasteiger partial charge in [0.2, 0.25) is 0 Å². The van der Waals surface area contributed by atoms with Crippen molar-refractivity contribution in [1.29, 1.82) is 0 Å². The van der Waals surface area contributed by atoms with Crippen LogP contribution < -0.4 is 0 Å². The van der Waals surface area contributed by atoms with Gasteiger partial charge in [0.15, 0.2) is 6.10 Å². The van der Waals surface area contributed by atoms with Crippen molar-refractivity contribution in [3.05, 3.63) is 146 Å². The normalized spacial score (nSPS) is 14.7. The van der Waals surface area contributed by atoms with Crippen LogP contribution in [0.5, 0.6) is 0 Å². The van der Waals surface area contributed by atoms with E-state index in [2.05, 4.69) is 167 Å². The smallest absolute Gasteiger partial charge is 0.463 e. The largest absolute Gasteiger partial charge is 0.472 e. The van der Waals surface area contributed by atoms with E-state index in [1.54, 1.807) is 0 Å². The number of carbonyl (C=O) groups is 3. The van der Waals surface area contributed by atoms with Crippen LogP contribution in [-0.2, 0) is 55.8 Å². The number of hydrogen-bond acceptors (Lipinski definition) is 14. The predicted octanol–water partition coefficient (Wildman–Crippen LogP) is 24.4. The summed E-state index contributed by atoms with van der Waals surface area (Å²) < 4.78 is 61.3. The third-order valence-corrected chi connectivity index (χ3v) is 18.9. The van der Waals surface area contributed by atoms with E-state index in [1.165, 1.54) is 89.9 Å². The summed E-state index contributed by atoms with van der Waals surface area (Å²) in [7, 11) is -9.81. The van der Waals surface area contributed by atoms with Gasteiger partial charge in [-0.25, -0.2) is 9.13 Å². The maximum Gasteiger partial charge on any atom is 0.472 e. The number of aliphatic hydroxyl groups excluding tert-OH is 2. The zero-order chi connectivity index (χ0) is 76.6. The number of ether oxygens (including phenoxy) is 3. The molecule has 105 heavy (non-hydrogen) atoms. The number of phosphoric ester groups is 2. The van der Waals surface area contributed by atoms with Crippen LogP contribution in [0.3, 0.4) is 0 Å². The Kier molecular flexibility index (Phi) is 75.6. The van der Waals surface area contributed by atoms with E-state index in [0.29, 0.717) is 19.3 Å². The first kappa shape index (κ1) is 100. The highest BCUT2D eigenvalue weighted by molar-refractivity contribution is 7.47. The lowest BCUT2D eigenvalue weighted by molar-refractivity contribution is -0.161. The zero-order valence-electron chi connectivity index (χ0n) is 65.9. The minimum atomic E-state index is -4.94. The SMILES string of the molecule is CC/C=C\C/C=C\C/C=C\C/C=C\C/C=C\CCCCCCCCCCCCCC(=O)OCC(O)COP(=O)(O)OCC(O)COP(=O)(O)OCC(COC(=O)CCCCCCCCC/C=C\C/C=C\C/C=C\C/C=C\CCCCC)OC(=O)CCCCCCCC/C=C\C/C=C\C/C=C\CCCCC. The molecular formula is C87H148O16P2. The lowest BCUT2D eigenvalue weighted by Gasteiger charge is -2.21. The van der Waals surface area contributed by atoms with Crippen molar-refractivity contribution in [2.75, 3.05) is 39.6 Å². The van der Waals surface area contributed by atoms with Crippen LogP contribution in [0.15, 0.2) is 146 Å². The van der Waals surface area contributed by atoms with Crippen LogP contribution in [0.25, 0.3) is 0 Å². The summed E-state index contributed by atoms with van der Waals surface area (Å²) in [5.41, 5.74) is 0. The number of esters is 3. The molecule has 4 N–H and O–H groups in total. The second-order valence-corrected chi connectivity index (χ2v) is 30.1. The molecule has 0 amide bonds. The van der Waals surface area contributed by atoms with Crippen LogP contribution in [0.1, 0.15) is 329 Å². The molecule has 0 aliphatic heterocycles. The highest BCUT2D eigenvalue weighted by atomic mass is 31.2. The molecule has 0 aliphatic rings. The Balaban J connectivity index is 4.65. The highest BCUT2D eigenvalue weighted by Gasteiger charge is 2.29. The molecule has 0 aromatic rings. The van der Waals surface area contributed by atoms with Gasteiger partial charge in [-0.1, -0.05) is 308 Å². The van der Waals surface area contributed by atoms with Gasteiger partial charge in [0, 0.05) is 19.3 Å². The number of unbranched alkanes of at least 4 members (excludes halogenated alkanes) is 30. The summed E-state index contributed by atoms with van der Waals surface area (Å²) in [5, 5.41) is 20.7. The van der Waals surface area contributed by atoms with Gasteiger partial charge in [0.25, 0.3) is 0 Å². The molecule has 5 unspecified atom stereocenters. The molecule has 5 atom stereocenters. The molecule has 0 aliphatic carbocycles. The summed E-state index contributed by atoms with van der Waals surface area (Å²) in [6, 6.07) is 0. The van der Waals surface area contributed by atoms with Crippen molar-refractivity contribution in [3.63, 3.8) is 0 Å². The number of phosphoric acid groups is 2. The number of allylic oxidation sites excluding steroid dienone is 24. The van der Waals surface area contributed by atoms with Crippen molar-refractivity contribution in [2.45, 2.75) is 347 Å². The molecule has 0 aromatic carbocycles. The molecule has 0 aromatic heterocycles. The quantitative estimate of drug-likeness (QED) is 0.0146. The van der Waals surface area contributed by atoms with Gasteiger partial charge < -0.3 is 34.2 Å². The average molecular weight is 1510 g/mol. The summed E-state index contributed by atoms with van der Waals surface area (Å²) in [5.74, 6) is -1.60. The maximum absolute atomic E-state index is 13.0. The summed E-state index contributed by atoms with van der Waals surface area (Å²) >= 11 is 0. The molecule has 602 valence electrons. The lowest BCUT2D eigenvalue weighted by Crippen LogP contribution is -2.30. The number of hydrogen-bond donors (Lipinski definition) is 4. The van der Waals surface area contributed by atoms with E-state index < -0.39 is 91.5 Å². The molecule has 0 heterocycles. The lowest BCUT2D eigenvalue weighted by atomic mass is 10.0. The molecule has 0 saturated heterocycles. The zero-order valence-corrected chi connectivity index (χ0v) is 67.6. The Labute approximate surface area is 638 Å². The van der Waals surface area contributed by atoms with Crippen LogP contribution in [0.4, 0.5) is 0 Å². The topological polar surface area (TPSA) is 231 Å². The Morgan fingerprint density at radius 2 is 0.505 bits per heavy atom. The van der Waals surface area contributed by atoms with Gasteiger partial charge in [0.05, 0.1) is 26.4 Å². The van der Waals surface area contributed by atoms with Gasteiger partial charge in [-0.2, -0.15) is 0 Å². The molecule has 0 saturated carbocycles. The summed E-state index contributed by atoms with van der Waals surface area (Å²) in [6.45, 7) is 2.50. The number of carbonyl (C=O) groups excluding carboxylic acids is 3. The average Bonchev–Trinajstić information content (AvgIpc) is 0.941. The van der Waals surface area contributed by atoms with Crippen LogP contribution in [0, 0.1) is 0 Å². The molecule has 18 heteroatoms. The fraction of sp³-hybridized carbons (Fsp3) is 0.690. The van der Waals surface area contributed by atoms with Crippen molar-refractivity contribution in [1.82, 2.24) is 0 Å². The maximum atomic E-state index is 13.0. The molecule has 0 radical (unpaired) electrons. The fourth-order valence-electron chi connectivity index (χ4n) is 10.8. The Morgan fingerprint density at radius 1 is 0.276 bits per heavy atom. The second-order valence-electron chi connectivity index (χ2n) is 27.2. The van der Waals surface area contributed by atoms with Crippen molar-refractivity contribution in [2.24, 2.45) is 0 Å². The first-order valence-corrected chi connectivity index (χ1v) is 44.1. The van der Waals surface area contributed by atoms with E-state index in [4.69, 9.17) is 32.3 Å². The minimum absolute atomic E-state index is 0.0840. The first-order valence-electron chi connectivity index (χ1n) is 41.1. The van der Waals surface area contributed by atoms with E-state index in [1.807, 2.05) is 0 Å². The first-order chi connectivity index (χ1) is 51.2. The van der Waals surface area contributed by atoms with E-state index in [0.717, 1.165) is 180 Å². The van der Waals surface area contributed by atoms with Crippen LogP contribution >= 0.6 is 15.6 Å². The standard InChI is InChI=1S/C87H148O16P2/c1-4-7-10-13-16-19-22-25-28-31-34-36-38-39-40-41-43-45-47-49-52-55-58-61-64-67-70-73-85(90)97-76-82(88)77-99-104(93,94)100-78-83(89)79-101-105(95,96)102-81-84(103-87(92)75-72-69-66-63-60-57-54-51-46-33-30-27-24-21-18-15-12-9-6-3)80-98-86(91)74-71-68-65-62-59-56-53-50-48-44-42-37-35-32-29-26-23-20-17-14-11-8-5-2/h7,10,16-21,25-30,34-37,39-40,44,46,48,51,82-84,88-89H,4-6,8-9,11-15,22-24,31-33,38,41-43,45,47,49-50,52-81H2,1-3H3,(H,93,94)(H,95,96)/b10-7-,19-16-,20-17-,21-18-,28-25-,29-26-,30-27-,36-34-,37-35-,40-39-,48-44-,51-46-. The fourth-order valence-corrected chi connectivity index (χ4v) is 12.4. The Morgan fingerprint density at radius 3 is 0.800 bits per heavy atom. The molecular weight excluding hydrogens is 1360 g/mol. The second kappa shape index (κ2) is 79.0. The van der Waals surface area contributed by atoms with Crippen molar-refractivity contribution >= 4 is 33.6 Å². The van der Waals surface area contributed by atoms with E-state index >= 15 is 0 Å². The molecule has 0 rings (SSSR count). The molecule has 16 nitrogen and oxygen atoms in total. The molecule has 0 fully saturated rings. The van der Waals surface area contributed by atoms with Gasteiger partial charge in [0.1, 0.15) is 25.4 Å². The number of rotatable bonds is 77. The summed E-state index contributed by atoms with van der Waals surface area (Å²) in [6.07, 6.45) is 97.3. The van der Waals surface area contributed by atoms with Crippen LogP contribution in [-0.4, -0.2) is 95.9 Å². The van der Waals surface area contributed by atoms with Crippen LogP contribution in [0.2, 0.25) is 0 Å². The Bertz CT molecular complexity index is 2490. The molecule has 0 bridgehead atoms. The molecule has 0 spiro atoms. The third-order valence-electron chi connectivity index (χ3n) is 17.0.